The zero-order chi connectivity index (χ0) is 17.6. The lowest BCUT2D eigenvalue weighted by molar-refractivity contribution is 0.102. The van der Waals surface area contributed by atoms with E-state index in [4.69, 9.17) is 9.47 Å². The molecule has 1 fully saturated rings. The molecule has 0 spiro atoms. The molecule has 8 heteroatoms. The number of likely N-dealkylation sites (tertiary alicyclic amines) is 1. The topological polar surface area (TPSA) is 76.6 Å². The van der Waals surface area contributed by atoms with Gasteiger partial charge in [-0.2, -0.15) is 0 Å². The Bertz CT molecular complexity index is 706. The van der Waals surface area contributed by atoms with Gasteiger partial charge in [0.2, 0.25) is 5.13 Å². The maximum Gasteiger partial charge on any atom is 0.257 e. The molecule has 25 heavy (non-hydrogen) atoms. The van der Waals surface area contributed by atoms with E-state index < -0.39 is 0 Å². The first-order valence-electron chi connectivity index (χ1n) is 8.27. The number of benzene rings is 1. The Morgan fingerprint density at radius 3 is 2.44 bits per heavy atom. The molecular formula is C17H22N4O3S. The molecule has 2 aromatic rings. The minimum atomic E-state index is -0.266. The van der Waals surface area contributed by atoms with Gasteiger partial charge in [0.1, 0.15) is 16.5 Å². The van der Waals surface area contributed by atoms with Crippen molar-refractivity contribution in [2.75, 3.05) is 32.6 Å². The van der Waals surface area contributed by atoms with Crippen LogP contribution in [0.3, 0.4) is 0 Å². The minimum absolute atomic E-state index is 0.266. The Labute approximate surface area is 151 Å². The second kappa shape index (κ2) is 8.26. The molecular weight excluding hydrogens is 340 g/mol. The largest absolute Gasteiger partial charge is 0.497 e. The van der Waals surface area contributed by atoms with Gasteiger partial charge in [-0.25, -0.2) is 0 Å². The summed E-state index contributed by atoms with van der Waals surface area (Å²) in [5.41, 5.74) is 0.448. The molecule has 1 aromatic heterocycles. The highest BCUT2D eigenvalue weighted by molar-refractivity contribution is 7.15. The number of nitrogens with zero attached hydrogens (tertiary/aromatic N) is 3. The lowest BCUT2D eigenvalue weighted by Gasteiger charge is -2.24. The van der Waals surface area contributed by atoms with Gasteiger partial charge in [0.15, 0.2) is 0 Å². The number of anilines is 1. The Morgan fingerprint density at radius 1 is 1.12 bits per heavy atom. The first kappa shape index (κ1) is 17.6. The van der Waals surface area contributed by atoms with Gasteiger partial charge in [0.25, 0.3) is 5.91 Å². The molecule has 7 nitrogen and oxygen atoms in total. The van der Waals surface area contributed by atoms with E-state index in [2.05, 4.69) is 20.4 Å². The van der Waals surface area contributed by atoms with Crippen molar-refractivity contribution in [3.63, 3.8) is 0 Å². The van der Waals surface area contributed by atoms with E-state index in [-0.39, 0.29) is 5.91 Å². The number of piperidine rings is 1. The van der Waals surface area contributed by atoms with Crippen LogP contribution in [0.2, 0.25) is 0 Å². The molecule has 0 unspecified atom stereocenters. The van der Waals surface area contributed by atoms with E-state index in [1.807, 2.05) is 0 Å². The van der Waals surface area contributed by atoms with Gasteiger partial charge in [0, 0.05) is 11.6 Å². The standard InChI is InChI=1S/C17H22N4O3S/c1-23-13-8-12(9-14(10-13)24-2)16(22)18-17-20-19-15(25-17)11-21-6-4-3-5-7-21/h8-10H,3-7,11H2,1-2H3,(H,18,20,22). The third-order valence-corrected chi connectivity index (χ3v) is 4.93. The van der Waals surface area contributed by atoms with E-state index in [1.165, 1.54) is 30.6 Å². The van der Waals surface area contributed by atoms with E-state index in [1.54, 1.807) is 32.4 Å². The van der Waals surface area contributed by atoms with Crippen LogP contribution in [0, 0.1) is 0 Å². The van der Waals surface area contributed by atoms with Crippen molar-refractivity contribution in [3.05, 3.63) is 28.8 Å². The smallest absolute Gasteiger partial charge is 0.257 e. The van der Waals surface area contributed by atoms with Crippen molar-refractivity contribution in [3.8, 4) is 11.5 Å². The summed E-state index contributed by atoms with van der Waals surface area (Å²) in [5, 5.41) is 12.5. The Kier molecular flexibility index (Phi) is 5.83. The number of rotatable bonds is 6. The fourth-order valence-electron chi connectivity index (χ4n) is 2.78. The number of ether oxygens (including phenoxy) is 2. The number of nitrogens with one attached hydrogen (secondary N) is 1. The van der Waals surface area contributed by atoms with E-state index >= 15 is 0 Å². The van der Waals surface area contributed by atoms with E-state index in [0.717, 1.165) is 24.6 Å². The molecule has 0 radical (unpaired) electrons. The average Bonchev–Trinajstić information content (AvgIpc) is 3.08. The first-order chi connectivity index (χ1) is 12.2. The number of hydrogen-bond acceptors (Lipinski definition) is 7. The molecule has 134 valence electrons. The second-order valence-electron chi connectivity index (χ2n) is 5.89. The molecule has 0 bridgehead atoms. The Hall–Kier alpha value is -2.19. The number of methoxy groups -OCH3 is 2. The second-order valence-corrected chi connectivity index (χ2v) is 6.96. The average molecular weight is 362 g/mol. The molecule has 1 aliphatic rings. The van der Waals surface area contributed by atoms with Crippen LogP contribution in [0.15, 0.2) is 18.2 Å². The maximum atomic E-state index is 12.5. The van der Waals surface area contributed by atoms with Crippen LogP contribution in [-0.2, 0) is 6.54 Å². The van der Waals surface area contributed by atoms with Crippen LogP contribution in [0.4, 0.5) is 5.13 Å². The van der Waals surface area contributed by atoms with Crippen LogP contribution in [0.1, 0.15) is 34.6 Å². The predicted octanol–water partition coefficient (Wildman–Crippen LogP) is 2.79. The summed E-state index contributed by atoms with van der Waals surface area (Å²) in [6, 6.07) is 5.04. The number of carbonyl (C=O) groups is 1. The molecule has 1 aliphatic heterocycles. The van der Waals surface area contributed by atoms with Crippen molar-refractivity contribution in [1.82, 2.24) is 15.1 Å². The summed E-state index contributed by atoms with van der Waals surface area (Å²) < 4.78 is 10.4. The molecule has 1 amide bonds. The summed E-state index contributed by atoms with van der Waals surface area (Å²) in [4.78, 5) is 14.8. The van der Waals surface area contributed by atoms with Crippen molar-refractivity contribution in [2.24, 2.45) is 0 Å². The molecule has 0 saturated carbocycles. The van der Waals surface area contributed by atoms with Crippen LogP contribution in [0.25, 0.3) is 0 Å². The van der Waals surface area contributed by atoms with Gasteiger partial charge in [0.05, 0.1) is 20.8 Å². The summed E-state index contributed by atoms with van der Waals surface area (Å²) in [6.45, 7) is 3.00. The molecule has 3 rings (SSSR count). The van der Waals surface area contributed by atoms with Crippen molar-refractivity contribution in [1.29, 1.82) is 0 Å². The Morgan fingerprint density at radius 2 is 1.80 bits per heavy atom. The highest BCUT2D eigenvalue weighted by atomic mass is 32.1. The maximum absolute atomic E-state index is 12.5. The molecule has 1 saturated heterocycles. The fraction of sp³-hybridized carbons (Fsp3) is 0.471. The van der Waals surface area contributed by atoms with Gasteiger partial charge in [-0.1, -0.05) is 17.8 Å². The zero-order valence-electron chi connectivity index (χ0n) is 14.4. The predicted molar refractivity (Wildman–Crippen MR) is 96.5 cm³/mol. The van der Waals surface area contributed by atoms with E-state index in [9.17, 15) is 4.79 Å². The van der Waals surface area contributed by atoms with Crippen molar-refractivity contribution in [2.45, 2.75) is 25.8 Å². The lowest BCUT2D eigenvalue weighted by atomic mass is 10.1. The summed E-state index contributed by atoms with van der Waals surface area (Å²) in [7, 11) is 3.10. The quantitative estimate of drug-likeness (QED) is 0.851. The normalized spacial score (nSPS) is 15.0. The molecule has 1 aromatic carbocycles. The lowest BCUT2D eigenvalue weighted by Crippen LogP contribution is -2.28. The monoisotopic (exact) mass is 362 g/mol. The number of aromatic nitrogens is 2. The van der Waals surface area contributed by atoms with Crippen molar-refractivity contribution < 1.29 is 14.3 Å². The number of carbonyl (C=O) groups excluding carboxylic acids is 1. The van der Waals surface area contributed by atoms with Gasteiger partial charge in [-0.3, -0.25) is 15.0 Å². The molecule has 1 N–H and O–H groups in total. The summed E-state index contributed by atoms with van der Waals surface area (Å²) in [6.07, 6.45) is 3.78. The van der Waals surface area contributed by atoms with Gasteiger partial charge in [-0.15, -0.1) is 10.2 Å². The number of hydrogen-bond donors (Lipinski definition) is 1. The Balaban J connectivity index is 1.65. The zero-order valence-corrected chi connectivity index (χ0v) is 15.3. The van der Waals surface area contributed by atoms with Crippen LogP contribution >= 0.6 is 11.3 Å². The third kappa shape index (κ3) is 4.67. The molecule has 2 heterocycles. The van der Waals surface area contributed by atoms with Gasteiger partial charge >= 0.3 is 0 Å². The molecule has 0 aliphatic carbocycles. The van der Waals surface area contributed by atoms with Crippen LogP contribution in [0.5, 0.6) is 11.5 Å². The first-order valence-corrected chi connectivity index (χ1v) is 9.09. The molecule has 0 atom stereocenters. The van der Waals surface area contributed by atoms with E-state index in [0.29, 0.717) is 22.2 Å². The number of amides is 1. The van der Waals surface area contributed by atoms with Crippen LogP contribution in [-0.4, -0.2) is 48.3 Å². The minimum Gasteiger partial charge on any atom is -0.497 e. The van der Waals surface area contributed by atoms with Gasteiger partial charge in [-0.05, 0) is 38.1 Å². The highest BCUT2D eigenvalue weighted by Gasteiger charge is 2.16. The summed E-state index contributed by atoms with van der Waals surface area (Å²) >= 11 is 1.41. The highest BCUT2D eigenvalue weighted by Crippen LogP contribution is 2.24. The summed E-state index contributed by atoms with van der Waals surface area (Å²) in [5.74, 6) is 0.859. The SMILES string of the molecule is COc1cc(OC)cc(C(=O)Nc2nnc(CN3CCCCC3)s2)c1. The third-order valence-electron chi connectivity index (χ3n) is 4.11. The fourth-order valence-corrected chi connectivity index (χ4v) is 3.56. The van der Waals surface area contributed by atoms with Crippen LogP contribution < -0.4 is 14.8 Å². The van der Waals surface area contributed by atoms with Gasteiger partial charge < -0.3 is 9.47 Å². The van der Waals surface area contributed by atoms with Crippen molar-refractivity contribution >= 4 is 22.4 Å².